The van der Waals surface area contributed by atoms with Gasteiger partial charge in [-0.05, 0) is 34.5 Å². The lowest BCUT2D eigenvalue weighted by atomic mass is 10.2. The molecule has 1 aromatic rings. The zero-order valence-electron chi connectivity index (χ0n) is 8.47. The Balaban J connectivity index is 2.24. The van der Waals surface area contributed by atoms with Crippen LogP contribution in [0.4, 0.5) is 4.79 Å². The van der Waals surface area contributed by atoms with Crippen molar-refractivity contribution in [2.45, 2.75) is 12.5 Å². The summed E-state index contributed by atoms with van der Waals surface area (Å²) in [6.45, 7) is 0.866. The predicted molar refractivity (Wildman–Crippen MR) is 61.7 cm³/mol. The third kappa shape index (κ3) is 1.97. The molecule has 0 saturated carbocycles. The van der Waals surface area contributed by atoms with Gasteiger partial charge in [-0.3, -0.25) is 4.79 Å². The molecule has 1 fully saturated rings. The predicted octanol–water partition coefficient (Wildman–Crippen LogP) is 1.54. The normalized spacial score (nSPS) is 20.1. The van der Waals surface area contributed by atoms with Gasteiger partial charge < -0.3 is 14.6 Å². The van der Waals surface area contributed by atoms with Gasteiger partial charge in [-0.25, -0.2) is 4.79 Å². The second-order valence-corrected chi connectivity index (χ2v) is 4.59. The minimum absolute atomic E-state index is 0.0545. The third-order valence-electron chi connectivity index (χ3n) is 2.76. The Morgan fingerprint density at radius 1 is 1.56 bits per heavy atom. The first kappa shape index (κ1) is 11.2. The summed E-state index contributed by atoms with van der Waals surface area (Å²) in [5.41, 5.74) is -0.111. The van der Waals surface area contributed by atoms with Gasteiger partial charge in [0.1, 0.15) is 0 Å². The first-order valence-corrected chi connectivity index (χ1v) is 5.73. The molecule has 2 rings (SSSR count). The summed E-state index contributed by atoms with van der Waals surface area (Å²) in [6, 6.07) is 3.40. The quantitative estimate of drug-likeness (QED) is 0.852. The fourth-order valence-electron chi connectivity index (χ4n) is 1.91. The average Bonchev–Trinajstić information content (AvgIpc) is 2.71. The summed E-state index contributed by atoms with van der Waals surface area (Å²) in [5.74, 6) is 0. The molecule has 1 N–H and O–H groups in total. The summed E-state index contributed by atoms with van der Waals surface area (Å²) in [4.78, 5) is 23.9. The van der Waals surface area contributed by atoms with Crippen molar-refractivity contribution in [3.63, 3.8) is 0 Å². The van der Waals surface area contributed by atoms with E-state index in [0.29, 0.717) is 24.0 Å². The summed E-state index contributed by atoms with van der Waals surface area (Å²) < 4.78 is 2.09. The molecular weight excluding hydrogens is 276 g/mol. The minimum atomic E-state index is -0.925. The van der Waals surface area contributed by atoms with E-state index >= 15 is 0 Å². The maximum atomic E-state index is 11.8. The summed E-state index contributed by atoms with van der Waals surface area (Å²) in [5, 5.41) is 8.83. The number of halogens is 1. The summed E-state index contributed by atoms with van der Waals surface area (Å²) in [7, 11) is 0. The van der Waals surface area contributed by atoms with Crippen molar-refractivity contribution in [2.75, 3.05) is 13.1 Å². The SMILES string of the molecule is O=C(O)N1CC[C@@H](n2cccc(Br)c2=O)C1. The Morgan fingerprint density at radius 2 is 2.31 bits per heavy atom. The number of amides is 1. The molecule has 16 heavy (non-hydrogen) atoms. The Hall–Kier alpha value is -1.30. The fourth-order valence-corrected chi connectivity index (χ4v) is 2.27. The van der Waals surface area contributed by atoms with Gasteiger partial charge in [-0.1, -0.05) is 0 Å². The Labute approximate surface area is 100 Å². The highest BCUT2D eigenvalue weighted by molar-refractivity contribution is 9.10. The monoisotopic (exact) mass is 286 g/mol. The third-order valence-corrected chi connectivity index (χ3v) is 3.36. The second-order valence-electron chi connectivity index (χ2n) is 3.74. The van der Waals surface area contributed by atoms with Crippen LogP contribution in [0.15, 0.2) is 27.6 Å². The molecule has 0 aliphatic carbocycles. The van der Waals surface area contributed by atoms with Crippen LogP contribution >= 0.6 is 15.9 Å². The molecule has 0 bridgehead atoms. The number of carbonyl (C=O) groups is 1. The highest BCUT2D eigenvalue weighted by Gasteiger charge is 2.27. The van der Waals surface area contributed by atoms with Gasteiger partial charge in [-0.2, -0.15) is 0 Å². The zero-order chi connectivity index (χ0) is 11.7. The first-order valence-electron chi connectivity index (χ1n) is 4.94. The molecular formula is C10H11BrN2O3. The van der Waals surface area contributed by atoms with Gasteiger partial charge in [0.25, 0.3) is 5.56 Å². The van der Waals surface area contributed by atoms with Gasteiger partial charge in [0.05, 0.1) is 10.5 Å². The van der Waals surface area contributed by atoms with E-state index in [-0.39, 0.29) is 11.6 Å². The zero-order valence-corrected chi connectivity index (χ0v) is 10.1. The summed E-state index contributed by atoms with van der Waals surface area (Å²) in [6.07, 6.45) is 1.46. The summed E-state index contributed by atoms with van der Waals surface area (Å²) >= 11 is 3.17. The van der Waals surface area contributed by atoms with E-state index in [9.17, 15) is 9.59 Å². The van der Waals surface area contributed by atoms with Crippen molar-refractivity contribution < 1.29 is 9.90 Å². The molecule has 1 aliphatic heterocycles. The fraction of sp³-hybridized carbons (Fsp3) is 0.400. The number of rotatable bonds is 1. The van der Waals surface area contributed by atoms with Crippen molar-refractivity contribution in [1.29, 1.82) is 0 Å². The highest BCUT2D eigenvalue weighted by Crippen LogP contribution is 2.20. The van der Waals surface area contributed by atoms with E-state index in [1.807, 2.05) is 0 Å². The number of pyridine rings is 1. The molecule has 5 nitrogen and oxygen atoms in total. The minimum Gasteiger partial charge on any atom is -0.465 e. The highest BCUT2D eigenvalue weighted by atomic mass is 79.9. The maximum absolute atomic E-state index is 11.8. The second kappa shape index (κ2) is 4.29. The van der Waals surface area contributed by atoms with E-state index in [0.717, 1.165) is 0 Å². The Morgan fingerprint density at radius 3 is 2.94 bits per heavy atom. The number of aromatic nitrogens is 1. The number of hydrogen-bond donors (Lipinski definition) is 1. The van der Waals surface area contributed by atoms with Crippen molar-refractivity contribution in [3.05, 3.63) is 33.2 Å². The van der Waals surface area contributed by atoms with Gasteiger partial charge in [0.2, 0.25) is 0 Å². The van der Waals surface area contributed by atoms with Crippen LogP contribution in [0, 0.1) is 0 Å². The van der Waals surface area contributed by atoms with E-state index in [1.54, 1.807) is 22.9 Å². The molecule has 1 saturated heterocycles. The van der Waals surface area contributed by atoms with E-state index < -0.39 is 6.09 Å². The molecule has 2 heterocycles. The van der Waals surface area contributed by atoms with Gasteiger partial charge in [0.15, 0.2) is 0 Å². The number of nitrogens with zero attached hydrogens (tertiary/aromatic N) is 2. The van der Waals surface area contributed by atoms with E-state index in [4.69, 9.17) is 5.11 Å². The first-order chi connectivity index (χ1) is 7.59. The van der Waals surface area contributed by atoms with Gasteiger partial charge >= 0.3 is 6.09 Å². The number of likely N-dealkylation sites (tertiary alicyclic amines) is 1. The van der Waals surface area contributed by atoms with Crippen LogP contribution in [0.5, 0.6) is 0 Å². The average molecular weight is 287 g/mol. The molecule has 0 aromatic carbocycles. The van der Waals surface area contributed by atoms with Crippen LogP contribution in [0.25, 0.3) is 0 Å². The number of hydrogen-bond acceptors (Lipinski definition) is 2. The lowest BCUT2D eigenvalue weighted by molar-refractivity contribution is 0.154. The molecule has 1 aromatic heterocycles. The van der Waals surface area contributed by atoms with Crippen LogP contribution in [0.2, 0.25) is 0 Å². The lowest BCUT2D eigenvalue weighted by Gasteiger charge is -2.14. The molecule has 6 heteroatoms. The molecule has 0 spiro atoms. The molecule has 1 aliphatic rings. The van der Waals surface area contributed by atoms with Crippen LogP contribution in [0.3, 0.4) is 0 Å². The lowest BCUT2D eigenvalue weighted by Crippen LogP contribution is -2.30. The molecule has 1 amide bonds. The Bertz CT molecular complexity index is 471. The van der Waals surface area contributed by atoms with Crippen LogP contribution in [-0.4, -0.2) is 33.8 Å². The van der Waals surface area contributed by atoms with Crippen molar-refractivity contribution in [2.24, 2.45) is 0 Å². The number of carboxylic acid groups (broad SMARTS) is 1. The van der Waals surface area contributed by atoms with Gasteiger partial charge in [-0.15, -0.1) is 0 Å². The smallest absolute Gasteiger partial charge is 0.407 e. The van der Waals surface area contributed by atoms with Crippen molar-refractivity contribution >= 4 is 22.0 Å². The Kier molecular flexibility index (Phi) is 3.00. The van der Waals surface area contributed by atoms with E-state index in [1.165, 1.54) is 4.90 Å². The molecule has 1 atom stereocenters. The topological polar surface area (TPSA) is 62.5 Å². The van der Waals surface area contributed by atoms with E-state index in [2.05, 4.69) is 15.9 Å². The molecule has 86 valence electrons. The van der Waals surface area contributed by atoms with Crippen molar-refractivity contribution in [3.8, 4) is 0 Å². The largest absolute Gasteiger partial charge is 0.465 e. The van der Waals surface area contributed by atoms with Crippen LogP contribution in [-0.2, 0) is 0 Å². The van der Waals surface area contributed by atoms with Crippen LogP contribution in [0.1, 0.15) is 12.5 Å². The molecule has 0 radical (unpaired) electrons. The maximum Gasteiger partial charge on any atom is 0.407 e. The standard InChI is InChI=1S/C10H11BrN2O3/c11-8-2-1-4-13(9(8)14)7-3-5-12(6-7)10(15)16/h1-2,4,7H,3,5-6H2,(H,15,16)/t7-/m1/s1. The van der Waals surface area contributed by atoms with Gasteiger partial charge in [0, 0.05) is 19.3 Å². The molecule has 0 unspecified atom stereocenters. The van der Waals surface area contributed by atoms with Crippen LogP contribution < -0.4 is 5.56 Å². The van der Waals surface area contributed by atoms with Crippen molar-refractivity contribution in [1.82, 2.24) is 9.47 Å².